The van der Waals surface area contributed by atoms with Crippen molar-refractivity contribution in [1.29, 1.82) is 0 Å². The molecule has 3 heterocycles. The molecule has 0 fully saturated rings. The number of anilines is 1. The van der Waals surface area contributed by atoms with E-state index in [0.29, 0.717) is 5.69 Å². The van der Waals surface area contributed by atoms with Crippen molar-refractivity contribution in [3.63, 3.8) is 0 Å². The predicted octanol–water partition coefficient (Wildman–Crippen LogP) is 5.06. The second-order valence-electron chi connectivity index (χ2n) is 6.95. The van der Waals surface area contributed by atoms with Crippen molar-refractivity contribution in [3.05, 3.63) is 72.7 Å². The van der Waals surface area contributed by atoms with E-state index < -0.39 is 18.8 Å². The zero-order valence-corrected chi connectivity index (χ0v) is 16.4. The summed E-state index contributed by atoms with van der Waals surface area (Å²) >= 11 is 0. The quantitative estimate of drug-likeness (QED) is 0.480. The lowest BCUT2D eigenvalue weighted by Gasteiger charge is -2.11. The van der Waals surface area contributed by atoms with Crippen LogP contribution in [0.2, 0.25) is 0 Å². The lowest BCUT2D eigenvalue weighted by Crippen LogP contribution is -2.36. The summed E-state index contributed by atoms with van der Waals surface area (Å²) in [5, 5.41) is 4.19. The molecule has 2 amide bonds. The van der Waals surface area contributed by atoms with E-state index in [1.165, 1.54) is 0 Å². The molecule has 0 aliphatic carbocycles. The molecule has 4 rings (SSSR count). The number of aromatic nitrogens is 3. The number of alkyl halides is 3. The van der Waals surface area contributed by atoms with Gasteiger partial charge in [-0.25, -0.2) is 9.78 Å². The molecule has 0 unspecified atom stereocenters. The summed E-state index contributed by atoms with van der Waals surface area (Å²) < 4.78 is 38.7. The van der Waals surface area contributed by atoms with E-state index in [1.54, 1.807) is 29.7 Å². The second kappa shape index (κ2) is 8.10. The lowest BCUT2D eigenvalue weighted by molar-refractivity contribution is -0.122. The van der Waals surface area contributed by atoms with Crippen LogP contribution in [0.3, 0.4) is 0 Å². The molecule has 3 aromatic heterocycles. The van der Waals surface area contributed by atoms with Gasteiger partial charge >= 0.3 is 12.2 Å². The Labute approximate surface area is 175 Å². The molecule has 0 bridgehead atoms. The number of pyridine rings is 2. The maximum Gasteiger partial charge on any atom is 0.405 e. The molecule has 0 radical (unpaired) electrons. The van der Waals surface area contributed by atoms with Crippen LogP contribution < -0.4 is 10.6 Å². The third kappa shape index (κ3) is 4.82. The van der Waals surface area contributed by atoms with Crippen molar-refractivity contribution in [2.24, 2.45) is 0 Å². The summed E-state index contributed by atoms with van der Waals surface area (Å²) in [7, 11) is 0. The molecule has 6 nitrogen and oxygen atoms in total. The number of carbonyl (C=O) groups excluding carboxylic acids is 1. The number of benzene rings is 1. The van der Waals surface area contributed by atoms with Crippen molar-refractivity contribution < 1.29 is 18.0 Å². The molecular weight excluding hydrogens is 407 g/mol. The first-order valence-corrected chi connectivity index (χ1v) is 9.42. The zero-order chi connectivity index (χ0) is 22.0. The SMILES string of the molecule is Cc1cccc(-c2ccn3c(-c4cccc(NC(=O)NCC(F)(F)F)c4)cnc3c2)n1. The summed E-state index contributed by atoms with van der Waals surface area (Å²) in [5.74, 6) is 0. The highest BCUT2D eigenvalue weighted by Gasteiger charge is 2.27. The minimum absolute atomic E-state index is 0.368. The first kappa shape index (κ1) is 20.4. The molecule has 0 aliphatic rings. The Morgan fingerprint density at radius 3 is 2.65 bits per heavy atom. The van der Waals surface area contributed by atoms with Gasteiger partial charge in [0.15, 0.2) is 0 Å². The van der Waals surface area contributed by atoms with Crippen molar-refractivity contribution in [1.82, 2.24) is 19.7 Å². The Kier molecular flexibility index (Phi) is 5.33. The molecule has 0 atom stereocenters. The smallest absolute Gasteiger partial charge is 0.329 e. The number of urea groups is 1. The molecule has 4 aromatic rings. The zero-order valence-electron chi connectivity index (χ0n) is 16.4. The van der Waals surface area contributed by atoms with Gasteiger partial charge in [-0.2, -0.15) is 13.2 Å². The number of nitrogens with one attached hydrogen (secondary N) is 2. The first-order valence-electron chi connectivity index (χ1n) is 9.42. The van der Waals surface area contributed by atoms with Gasteiger partial charge in [-0.3, -0.25) is 9.38 Å². The fourth-order valence-corrected chi connectivity index (χ4v) is 3.17. The summed E-state index contributed by atoms with van der Waals surface area (Å²) in [4.78, 5) is 20.7. The molecule has 158 valence electrons. The van der Waals surface area contributed by atoms with Crippen molar-refractivity contribution in [2.75, 3.05) is 11.9 Å². The van der Waals surface area contributed by atoms with Crippen LogP contribution in [-0.4, -0.2) is 33.1 Å². The van der Waals surface area contributed by atoms with Crippen molar-refractivity contribution in [3.8, 4) is 22.5 Å². The first-order chi connectivity index (χ1) is 14.8. The lowest BCUT2D eigenvalue weighted by atomic mass is 10.1. The Morgan fingerprint density at radius 1 is 1.06 bits per heavy atom. The molecule has 2 N–H and O–H groups in total. The average Bonchev–Trinajstić information content (AvgIpc) is 3.15. The highest BCUT2D eigenvalue weighted by molar-refractivity contribution is 5.90. The van der Waals surface area contributed by atoms with Crippen LogP contribution in [0.5, 0.6) is 0 Å². The van der Waals surface area contributed by atoms with Gasteiger partial charge in [-0.15, -0.1) is 0 Å². The van der Waals surface area contributed by atoms with Crippen molar-refractivity contribution >= 4 is 17.4 Å². The molecule has 0 saturated carbocycles. The Hall–Kier alpha value is -3.88. The van der Waals surface area contributed by atoms with Gasteiger partial charge in [0.05, 0.1) is 17.6 Å². The number of halogens is 3. The number of nitrogens with zero attached hydrogens (tertiary/aromatic N) is 3. The van der Waals surface area contributed by atoms with Gasteiger partial charge in [0.1, 0.15) is 12.2 Å². The summed E-state index contributed by atoms with van der Waals surface area (Å²) in [5.41, 5.74) is 5.32. The monoisotopic (exact) mass is 425 g/mol. The summed E-state index contributed by atoms with van der Waals surface area (Å²) in [6.45, 7) is 0.532. The number of aryl methyl sites for hydroxylation is 1. The minimum atomic E-state index is -4.47. The third-order valence-corrected chi connectivity index (χ3v) is 4.56. The normalized spacial score (nSPS) is 11.5. The van der Waals surface area contributed by atoms with E-state index >= 15 is 0 Å². The highest BCUT2D eigenvalue weighted by Crippen LogP contribution is 2.26. The largest absolute Gasteiger partial charge is 0.405 e. The van der Waals surface area contributed by atoms with Gasteiger partial charge in [0, 0.05) is 28.7 Å². The Balaban J connectivity index is 1.58. The van der Waals surface area contributed by atoms with Crippen LogP contribution >= 0.6 is 0 Å². The maximum absolute atomic E-state index is 12.3. The van der Waals surface area contributed by atoms with Crippen LogP contribution in [0.1, 0.15) is 5.69 Å². The van der Waals surface area contributed by atoms with E-state index in [2.05, 4.69) is 15.3 Å². The van der Waals surface area contributed by atoms with Gasteiger partial charge in [-0.1, -0.05) is 18.2 Å². The number of rotatable bonds is 4. The summed E-state index contributed by atoms with van der Waals surface area (Å²) in [6.07, 6.45) is -0.888. The third-order valence-electron chi connectivity index (χ3n) is 4.56. The highest BCUT2D eigenvalue weighted by atomic mass is 19.4. The van der Waals surface area contributed by atoms with Gasteiger partial charge in [0.25, 0.3) is 0 Å². The predicted molar refractivity (Wildman–Crippen MR) is 112 cm³/mol. The molecule has 31 heavy (non-hydrogen) atoms. The maximum atomic E-state index is 12.3. The fraction of sp³-hybridized carbons (Fsp3) is 0.136. The van der Waals surface area contributed by atoms with Crippen LogP contribution in [0, 0.1) is 6.92 Å². The second-order valence-corrected chi connectivity index (χ2v) is 6.95. The fourth-order valence-electron chi connectivity index (χ4n) is 3.17. The standard InChI is InChI=1S/C22H18F3N5O/c1-14-4-2-7-18(28-14)15-8-9-30-19(12-26-20(30)11-15)16-5-3-6-17(10-16)29-21(31)27-13-22(23,24)25/h2-12H,13H2,1H3,(H2,27,29,31). The van der Waals surface area contributed by atoms with E-state index in [-0.39, 0.29) is 0 Å². The van der Waals surface area contributed by atoms with Crippen LogP contribution in [0.25, 0.3) is 28.2 Å². The van der Waals surface area contributed by atoms with Gasteiger partial charge in [-0.05, 0) is 43.3 Å². The van der Waals surface area contributed by atoms with E-state index in [9.17, 15) is 18.0 Å². The van der Waals surface area contributed by atoms with Gasteiger partial charge < -0.3 is 10.6 Å². The number of hydrogen-bond donors (Lipinski definition) is 2. The van der Waals surface area contributed by atoms with Crippen LogP contribution in [-0.2, 0) is 0 Å². The van der Waals surface area contributed by atoms with E-state index in [4.69, 9.17) is 0 Å². The molecule has 0 aliphatic heterocycles. The van der Waals surface area contributed by atoms with Crippen LogP contribution in [0.15, 0.2) is 67.0 Å². The molecule has 9 heteroatoms. The minimum Gasteiger partial charge on any atom is -0.329 e. The summed E-state index contributed by atoms with van der Waals surface area (Å²) in [6, 6.07) is 15.6. The number of hydrogen-bond acceptors (Lipinski definition) is 3. The Morgan fingerprint density at radius 2 is 1.87 bits per heavy atom. The van der Waals surface area contributed by atoms with Crippen molar-refractivity contribution in [2.45, 2.75) is 13.1 Å². The topological polar surface area (TPSA) is 71.3 Å². The molecule has 0 spiro atoms. The number of amides is 2. The Bertz CT molecular complexity index is 1250. The van der Waals surface area contributed by atoms with E-state index in [1.807, 2.05) is 53.9 Å². The molecular formula is C22H18F3N5O. The number of fused-ring (bicyclic) bond motifs is 1. The molecule has 0 saturated heterocycles. The van der Waals surface area contributed by atoms with Gasteiger partial charge in [0.2, 0.25) is 0 Å². The average molecular weight is 425 g/mol. The number of carbonyl (C=O) groups is 1. The van der Waals surface area contributed by atoms with E-state index in [0.717, 1.165) is 33.9 Å². The molecule has 1 aromatic carbocycles. The van der Waals surface area contributed by atoms with Crippen LogP contribution in [0.4, 0.5) is 23.7 Å². The number of imidazole rings is 1.